The van der Waals surface area contributed by atoms with Crippen molar-refractivity contribution in [3.05, 3.63) is 103 Å². The fraction of sp³-hybridized carbons (Fsp3) is 0.500. The highest BCUT2D eigenvalue weighted by molar-refractivity contribution is 9.10. The van der Waals surface area contributed by atoms with Crippen molar-refractivity contribution >= 4 is 66.8 Å². The van der Waals surface area contributed by atoms with Crippen LogP contribution in [0.3, 0.4) is 0 Å². The number of benzene rings is 4. The van der Waals surface area contributed by atoms with Gasteiger partial charge >= 0.3 is 0 Å². The van der Waals surface area contributed by atoms with Gasteiger partial charge in [0.15, 0.2) is 0 Å². The van der Waals surface area contributed by atoms with Gasteiger partial charge in [0.2, 0.25) is 0 Å². The maximum Gasteiger partial charge on any atom is 0.130 e. The summed E-state index contributed by atoms with van der Waals surface area (Å²) < 4.78 is 38.5. The quantitative estimate of drug-likeness (QED) is 0.156. The van der Waals surface area contributed by atoms with E-state index in [9.17, 15) is 8.78 Å². The Balaban J connectivity index is 0.754. The minimum atomic E-state index is -0.248. The highest BCUT2D eigenvalue weighted by Gasteiger charge is 2.43. The number of thioether (sulfide) groups is 2. The summed E-state index contributed by atoms with van der Waals surface area (Å²) in [6.45, 7) is 8.60. The van der Waals surface area contributed by atoms with Gasteiger partial charge < -0.3 is 24.3 Å². The molecule has 6 aliphatic rings. The number of aryl methyl sites for hydroxylation is 2. The SMILES string of the molecule is Fc1ccc(Oc2ccc(F)cc2CCCN2CCC3c4cc(Br)cc5c4N(CCCS5)C3CC2)c(CCCN2CCC3c4cc(Br)cc5c4N(CCCS5)C3CC2)c1. The molecule has 0 radical (unpaired) electrons. The number of rotatable bonds is 10. The van der Waals surface area contributed by atoms with Crippen molar-refractivity contribution in [3.8, 4) is 11.5 Å². The normalized spacial score (nSPS) is 24.1. The molecule has 0 amide bonds. The topological polar surface area (TPSA) is 22.2 Å². The van der Waals surface area contributed by atoms with Crippen molar-refractivity contribution in [2.45, 2.75) is 97.9 Å². The maximum absolute atomic E-state index is 14.7. The summed E-state index contributed by atoms with van der Waals surface area (Å²) in [4.78, 5) is 13.6. The summed E-state index contributed by atoms with van der Waals surface area (Å²) in [6.07, 6.45) is 10.5. The lowest BCUT2D eigenvalue weighted by molar-refractivity contribution is 0.278. The number of fused-ring (bicyclic) bond motifs is 6. The third kappa shape index (κ3) is 8.48. The standard InChI is InChI=1S/C48H54Br2F2N4OS2/c49-33-27-39-37-11-19-53(21-13-41(37)55-17-3-23-58-45(29-33)47(39)55)15-1-5-31-25-35(51)7-9-43(31)57-44-10-8-36(52)26-32(44)6-2-16-54-20-12-38-40-28-34(50)30-46-48(40)56(18-4-24-59-46)42(38)14-22-54/h7-10,25-30,37-38,41-42H,1-6,11-24H2. The number of hydrogen-bond acceptors (Lipinski definition) is 7. The molecule has 4 unspecified atom stereocenters. The van der Waals surface area contributed by atoms with E-state index in [1.165, 1.54) is 103 Å². The predicted octanol–water partition coefficient (Wildman–Crippen LogP) is 12.3. The van der Waals surface area contributed by atoms with E-state index >= 15 is 0 Å². The minimum Gasteiger partial charge on any atom is -0.457 e. The molecule has 4 atom stereocenters. The molecule has 0 spiro atoms. The van der Waals surface area contributed by atoms with E-state index in [0.29, 0.717) is 35.4 Å². The van der Waals surface area contributed by atoms with E-state index < -0.39 is 0 Å². The maximum atomic E-state index is 14.7. The van der Waals surface area contributed by atoms with Gasteiger partial charge in [0, 0.05) is 68.8 Å². The molecule has 6 heterocycles. The molecule has 2 saturated heterocycles. The second-order valence-corrected chi connectivity index (χ2v) is 21.6. The molecule has 11 heteroatoms. The summed E-state index contributed by atoms with van der Waals surface area (Å²) >= 11 is 11.7. The summed E-state index contributed by atoms with van der Waals surface area (Å²) in [6, 6.07) is 20.3. The highest BCUT2D eigenvalue weighted by Crippen LogP contribution is 2.53. The first kappa shape index (κ1) is 40.8. The van der Waals surface area contributed by atoms with Gasteiger partial charge in [0.05, 0.1) is 11.4 Å². The second-order valence-electron chi connectivity index (χ2n) is 17.5. The number of likely N-dealkylation sites (tertiary alicyclic amines) is 2. The molecular weight excluding hydrogens is 910 g/mol. The molecule has 0 bridgehead atoms. The van der Waals surface area contributed by atoms with Gasteiger partial charge in [0.25, 0.3) is 0 Å². The number of ether oxygens (including phenoxy) is 1. The molecule has 59 heavy (non-hydrogen) atoms. The lowest BCUT2D eigenvalue weighted by Gasteiger charge is -2.29. The number of nitrogens with zero attached hydrogens (tertiary/aromatic N) is 4. The van der Waals surface area contributed by atoms with Crippen LogP contribution < -0.4 is 14.5 Å². The zero-order valence-electron chi connectivity index (χ0n) is 33.8. The molecule has 5 nitrogen and oxygen atoms in total. The molecule has 4 aromatic carbocycles. The van der Waals surface area contributed by atoms with Gasteiger partial charge in [-0.25, -0.2) is 8.78 Å². The zero-order valence-corrected chi connectivity index (χ0v) is 38.6. The molecule has 10 rings (SSSR count). The first-order valence-electron chi connectivity index (χ1n) is 22.0. The third-order valence-corrected chi connectivity index (χ3v) is 17.1. The summed E-state index contributed by atoms with van der Waals surface area (Å²) in [5.74, 6) is 4.36. The molecule has 6 aliphatic heterocycles. The molecule has 0 saturated carbocycles. The fourth-order valence-corrected chi connectivity index (χ4v) is 14.7. The van der Waals surface area contributed by atoms with Crippen molar-refractivity contribution in [1.82, 2.24) is 9.80 Å². The van der Waals surface area contributed by atoms with Crippen molar-refractivity contribution in [2.24, 2.45) is 0 Å². The van der Waals surface area contributed by atoms with Crippen LogP contribution in [0.25, 0.3) is 0 Å². The number of halogens is 4. The molecule has 4 aromatic rings. The van der Waals surface area contributed by atoms with Crippen molar-refractivity contribution in [3.63, 3.8) is 0 Å². The van der Waals surface area contributed by atoms with Crippen molar-refractivity contribution in [2.75, 3.05) is 73.7 Å². The Hall–Kier alpha value is -2.28. The molecule has 312 valence electrons. The van der Waals surface area contributed by atoms with Crippen LogP contribution in [0.4, 0.5) is 20.2 Å². The van der Waals surface area contributed by atoms with Gasteiger partial charge in [-0.3, -0.25) is 0 Å². The van der Waals surface area contributed by atoms with E-state index in [4.69, 9.17) is 4.74 Å². The predicted molar refractivity (Wildman–Crippen MR) is 248 cm³/mol. The van der Waals surface area contributed by atoms with Gasteiger partial charge in [0.1, 0.15) is 23.1 Å². The van der Waals surface area contributed by atoms with Gasteiger partial charge in [-0.1, -0.05) is 31.9 Å². The number of anilines is 2. The first-order chi connectivity index (χ1) is 28.9. The largest absolute Gasteiger partial charge is 0.457 e. The Labute approximate surface area is 374 Å². The fourth-order valence-electron chi connectivity index (χ4n) is 11.3. The summed E-state index contributed by atoms with van der Waals surface area (Å²) in [5.41, 5.74) is 7.85. The van der Waals surface area contributed by atoms with E-state index in [-0.39, 0.29) is 11.6 Å². The van der Waals surface area contributed by atoms with E-state index in [1.54, 1.807) is 24.3 Å². The second kappa shape index (κ2) is 17.8. The summed E-state index contributed by atoms with van der Waals surface area (Å²) in [5, 5.41) is 0. The van der Waals surface area contributed by atoms with Crippen molar-refractivity contribution < 1.29 is 13.5 Å². The average Bonchev–Trinajstić information content (AvgIpc) is 3.45. The minimum absolute atomic E-state index is 0.248. The molecule has 0 N–H and O–H groups in total. The first-order valence-corrected chi connectivity index (χ1v) is 25.6. The monoisotopic (exact) mass is 962 g/mol. The van der Waals surface area contributed by atoms with Crippen LogP contribution in [0.1, 0.15) is 85.5 Å². The van der Waals surface area contributed by atoms with Crippen LogP contribution in [0.5, 0.6) is 11.5 Å². The van der Waals surface area contributed by atoms with Crippen molar-refractivity contribution in [1.29, 1.82) is 0 Å². The average molecular weight is 965 g/mol. The van der Waals surface area contributed by atoms with Gasteiger partial charge in [-0.15, -0.1) is 23.5 Å². The van der Waals surface area contributed by atoms with Gasteiger partial charge in [-0.05, 0) is 185 Å². The van der Waals surface area contributed by atoms with E-state index in [1.807, 2.05) is 23.5 Å². The number of hydrogen-bond donors (Lipinski definition) is 0. The highest BCUT2D eigenvalue weighted by atomic mass is 79.9. The van der Waals surface area contributed by atoms with Crippen LogP contribution in [0.15, 0.2) is 79.4 Å². The lowest BCUT2D eigenvalue weighted by atomic mass is 9.91. The zero-order chi connectivity index (χ0) is 40.0. The van der Waals surface area contributed by atoms with E-state index in [0.717, 1.165) is 89.2 Å². The Morgan fingerprint density at radius 3 is 1.51 bits per heavy atom. The molecular formula is C48H54Br2F2N4OS2. The lowest BCUT2D eigenvalue weighted by Crippen LogP contribution is -2.35. The van der Waals surface area contributed by atoms with Gasteiger partial charge in [-0.2, -0.15) is 0 Å². The smallest absolute Gasteiger partial charge is 0.130 e. The molecule has 0 aromatic heterocycles. The Kier molecular flexibility index (Phi) is 12.3. The Morgan fingerprint density at radius 2 is 1.03 bits per heavy atom. The van der Waals surface area contributed by atoms with Crippen LogP contribution in [0, 0.1) is 11.6 Å². The van der Waals surface area contributed by atoms with Crippen LogP contribution in [-0.2, 0) is 12.8 Å². The molecule has 2 fully saturated rings. The Morgan fingerprint density at radius 1 is 0.576 bits per heavy atom. The van der Waals surface area contributed by atoms with Crippen LogP contribution in [-0.4, -0.2) is 85.7 Å². The Bertz CT molecular complexity index is 2040. The summed E-state index contributed by atoms with van der Waals surface area (Å²) in [7, 11) is 0. The third-order valence-electron chi connectivity index (χ3n) is 13.9. The van der Waals surface area contributed by atoms with Crippen LogP contribution >= 0.6 is 55.4 Å². The van der Waals surface area contributed by atoms with Crippen LogP contribution in [0.2, 0.25) is 0 Å². The molecule has 0 aliphatic carbocycles. The van der Waals surface area contributed by atoms with E-state index in [2.05, 4.69) is 75.7 Å².